The van der Waals surface area contributed by atoms with Gasteiger partial charge in [-0.2, -0.15) is 0 Å². The van der Waals surface area contributed by atoms with Gasteiger partial charge in [-0.25, -0.2) is 0 Å². The Kier molecular flexibility index (Phi) is 5.59. The second kappa shape index (κ2) is 7.51. The molecule has 3 rings (SSSR count). The third-order valence-electron chi connectivity index (χ3n) is 6.45. The van der Waals surface area contributed by atoms with Gasteiger partial charge in [0.15, 0.2) is 0 Å². The Labute approximate surface area is 169 Å². The number of esters is 1. The Hall–Kier alpha value is -1.88. The molecule has 0 atom stereocenters. The van der Waals surface area contributed by atoms with Crippen molar-refractivity contribution in [1.29, 1.82) is 0 Å². The van der Waals surface area contributed by atoms with Crippen molar-refractivity contribution in [2.75, 3.05) is 27.2 Å². The molecule has 1 aromatic rings. The van der Waals surface area contributed by atoms with Gasteiger partial charge in [0.25, 0.3) is 0 Å². The van der Waals surface area contributed by atoms with Gasteiger partial charge in [0.2, 0.25) is 5.91 Å². The van der Waals surface area contributed by atoms with E-state index >= 15 is 0 Å². The van der Waals surface area contributed by atoms with E-state index in [9.17, 15) is 9.59 Å². The highest BCUT2D eigenvalue weighted by atomic mass is 16.6. The van der Waals surface area contributed by atoms with Crippen LogP contribution in [0.15, 0.2) is 30.3 Å². The minimum atomic E-state index is -0.524. The van der Waals surface area contributed by atoms with Crippen molar-refractivity contribution < 1.29 is 14.3 Å². The summed E-state index contributed by atoms with van der Waals surface area (Å²) in [5, 5.41) is 0. The van der Waals surface area contributed by atoms with Crippen LogP contribution in [0, 0.1) is 5.41 Å². The molecule has 2 aliphatic rings. The summed E-state index contributed by atoms with van der Waals surface area (Å²) in [6.45, 7) is 6.29. The Balaban J connectivity index is 1.68. The van der Waals surface area contributed by atoms with Gasteiger partial charge in [-0.3, -0.25) is 14.5 Å². The minimum absolute atomic E-state index is 0.00656. The number of carbonyl (C=O) groups is 2. The van der Waals surface area contributed by atoms with Crippen molar-refractivity contribution >= 4 is 11.9 Å². The number of rotatable bonds is 4. The minimum Gasteiger partial charge on any atom is -0.459 e. The molecular formula is C23H34N2O3. The quantitative estimate of drug-likeness (QED) is 0.742. The number of nitrogens with zero attached hydrogens (tertiary/aromatic N) is 2. The lowest BCUT2D eigenvalue weighted by Gasteiger charge is -2.48. The maximum absolute atomic E-state index is 12.6. The zero-order chi connectivity index (χ0) is 20.6. The van der Waals surface area contributed by atoms with E-state index in [1.165, 1.54) is 5.56 Å². The number of amides is 1. The van der Waals surface area contributed by atoms with Crippen molar-refractivity contribution in [3.63, 3.8) is 0 Å². The van der Waals surface area contributed by atoms with Crippen molar-refractivity contribution in [2.45, 2.75) is 64.0 Å². The van der Waals surface area contributed by atoms with Crippen LogP contribution in [0.3, 0.4) is 0 Å². The van der Waals surface area contributed by atoms with E-state index in [2.05, 4.69) is 49.3 Å². The fourth-order valence-electron chi connectivity index (χ4n) is 4.93. The molecule has 0 aromatic heterocycles. The summed E-state index contributed by atoms with van der Waals surface area (Å²) in [6.07, 6.45) is 4.59. The summed E-state index contributed by atoms with van der Waals surface area (Å²) in [7, 11) is 4.30. The lowest BCUT2D eigenvalue weighted by atomic mass is 9.64. The summed E-state index contributed by atoms with van der Waals surface area (Å²) in [5.74, 6) is -0.233. The number of hydrogen-bond acceptors (Lipinski definition) is 4. The lowest BCUT2D eigenvalue weighted by Crippen LogP contribution is -2.47. The predicted molar refractivity (Wildman–Crippen MR) is 110 cm³/mol. The number of ether oxygens (including phenoxy) is 1. The maximum Gasteiger partial charge on any atom is 0.326 e. The highest BCUT2D eigenvalue weighted by Gasteiger charge is 2.50. The molecule has 1 aromatic carbocycles. The van der Waals surface area contributed by atoms with Crippen LogP contribution in [0.1, 0.15) is 58.4 Å². The first-order valence-electron chi connectivity index (χ1n) is 10.3. The molecule has 2 fully saturated rings. The third kappa shape index (κ3) is 4.24. The molecule has 0 N–H and O–H groups in total. The molecular weight excluding hydrogens is 352 g/mol. The zero-order valence-corrected chi connectivity index (χ0v) is 18.0. The van der Waals surface area contributed by atoms with Crippen LogP contribution in [0.5, 0.6) is 0 Å². The van der Waals surface area contributed by atoms with Gasteiger partial charge < -0.3 is 9.64 Å². The molecule has 1 aliphatic heterocycles. The van der Waals surface area contributed by atoms with Gasteiger partial charge in [0, 0.05) is 18.5 Å². The van der Waals surface area contributed by atoms with Crippen LogP contribution in [-0.4, -0.2) is 54.5 Å². The molecule has 5 nitrogen and oxygen atoms in total. The van der Waals surface area contributed by atoms with Crippen molar-refractivity contribution in [3.8, 4) is 0 Å². The largest absolute Gasteiger partial charge is 0.459 e. The Morgan fingerprint density at radius 3 is 2.25 bits per heavy atom. The van der Waals surface area contributed by atoms with E-state index < -0.39 is 5.60 Å². The van der Waals surface area contributed by atoms with Gasteiger partial charge >= 0.3 is 5.97 Å². The molecule has 0 radical (unpaired) electrons. The standard InChI is InChI=1S/C23H34N2O3/c1-21(2,3)28-20(27)16-25-17-22(15-19(25)26)11-13-23(14-12-22,24(4)5)18-9-7-6-8-10-18/h6-10H,11-17H2,1-5H3/t22-,23-. The molecule has 28 heavy (non-hydrogen) atoms. The fourth-order valence-corrected chi connectivity index (χ4v) is 4.93. The van der Waals surface area contributed by atoms with E-state index in [0.717, 1.165) is 25.7 Å². The molecule has 0 unspecified atom stereocenters. The van der Waals surface area contributed by atoms with Crippen molar-refractivity contribution in [1.82, 2.24) is 9.80 Å². The fraction of sp³-hybridized carbons (Fsp3) is 0.652. The number of benzene rings is 1. The third-order valence-corrected chi connectivity index (χ3v) is 6.45. The van der Waals surface area contributed by atoms with E-state index in [-0.39, 0.29) is 29.4 Å². The van der Waals surface area contributed by atoms with Crippen LogP contribution in [-0.2, 0) is 19.9 Å². The van der Waals surface area contributed by atoms with E-state index in [4.69, 9.17) is 4.74 Å². The van der Waals surface area contributed by atoms with E-state index in [0.29, 0.717) is 13.0 Å². The molecule has 1 aliphatic carbocycles. The van der Waals surface area contributed by atoms with Crippen LogP contribution in [0.2, 0.25) is 0 Å². The van der Waals surface area contributed by atoms with Gasteiger partial charge in [-0.15, -0.1) is 0 Å². The Morgan fingerprint density at radius 2 is 1.71 bits per heavy atom. The number of likely N-dealkylation sites (tertiary alicyclic amines) is 1. The van der Waals surface area contributed by atoms with Gasteiger partial charge in [-0.1, -0.05) is 30.3 Å². The van der Waals surface area contributed by atoms with Crippen molar-refractivity contribution in [3.05, 3.63) is 35.9 Å². The van der Waals surface area contributed by atoms with Crippen LogP contribution in [0.4, 0.5) is 0 Å². The average Bonchev–Trinajstić information content (AvgIpc) is 2.90. The molecule has 1 amide bonds. The molecule has 1 saturated heterocycles. The first kappa shape index (κ1) is 20.8. The second-order valence-corrected chi connectivity index (χ2v) is 9.81. The van der Waals surface area contributed by atoms with Gasteiger partial charge in [-0.05, 0) is 71.5 Å². The van der Waals surface area contributed by atoms with Gasteiger partial charge in [0.05, 0.1) is 0 Å². The summed E-state index contributed by atoms with van der Waals surface area (Å²) in [5.41, 5.74) is 0.843. The highest BCUT2D eigenvalue weighted by Crippen LogP contribution is 2.52. The zero-order valence-electron chi connectivity index (χ0n) is 18.0. The topological polar surface area (TPSA) is 49.9 Å². The summed E-state index contributed by atoms with van der Waals surface area (Å²) < 4.78 is 5.41. The lowest BCUT2D eigenvalue weighted by molar-refractivity contribution is -0.158. The summed E-state index contributed by atoms with van der Waals surface area (Å²) in [6, 6.07) is 10.7. The van der Waals surface area contributed by atoms with Crippen LogP contribution in [0.25, 0.3) is 0 Å². The number of carbonyl (C=O) groups excluding carboxylic acids is 2. The van der Waals surface area contributed by atoms with E-state index in [1.54, 1.807) is 4.90 Å². The summed E-state index contributed by atoms with van der Waals surface area (Å²) in [4.78, 5) is 28.9. The Morgan fingerprint density at radius 1 is 1.11 bits per heavy atom. The van der Waals surface area contributed by atoms with Crippen molar-refractivity contribution in [2.24, 2.45) is 5.41 Å². The molecule has 154 valence electrons. The van der Waals surface area contributed by atoms with E-state index in [1.807, 2.05) is 20.8 Å². The first-order chi connectivity index (χ1) is 13.1. The molecule has 1 spiro atoms. The highest BCUT2D eigenvalue weighted by molar-refractivity contribution is 5.84. The molecule has 1 saturated carbocycles. The number of hydrogen-bond donors (Lipinski definition) is 0. The van der Waals surface area contributed by atoms with Crippen LogP contribution >= 0.6 is 0 Å². The monoisotopic (exact) mass is 386 g/mol. The first-order valence-corrected chi connectivity index (χ1v) is 10.3. The molecule has 0 bridgehead atoms. The SMILES string of the molecule is CN(C)[C@]1(c2ccccc2)CC[C@@]2(CC1)CC(=O)N(CC(=O)OC(C)(C)C)C2. The van der Waals surface area contributed by atoms with Crippen LogP contribution < -0.4 is 0 Å². The summed E-state index contributed by atoms with van der Waals surface area (Å²) >= 11 is 0. The van der Waals surface area contributed by atoms with Gasteiger partial charge in [0.1, 0.15) is 12.1 Å². The normalized spacial score (nSPS) is 28.2. The second-order valence-electron chi connectivity index (χ2n) is 9.81. The average molecular weight is 387 g/mol. The maximum atomic E-state index is 12.6. The molecule has 1 heterocycles. The smallest absolute Gasteiger partial charge is 0.326 e. The molecule has 5 heteroatoms. The Bertz CT molecular complexity index is 713. The predicted octanol–water partition coefficient (Wildman–Crippen LogP) is 3.58.